The summed E-state index contributed by atoms with van der Waals surface area (Å²) in [6.07, 6.45) is 0. The van der Waals surface area contributed by atoms with Crippen molar-refractivity contribution in [3.8, 4) is 0 Å². The van der Waals surface area contributed by atoms with Crippen LogP contribution in [-0.4, -0.2) is 6.03 Å². The number of benzene rings is 2. The lowest BCUT2D eigenvalue weighted by Crippen LogP contribution is -2.19. The molecule has 0 aromatic heterocycles. The van der Waals surface area contributed by atoms with Gasteiger partial charge in [0.25, 0.3) is 0 Å². The summed E-state index contributed by atoms with van der Waals surface area (Å²) in [5, 5.41) is 6.00. The number of carbonyl (C=O) groups is 1. The largest absolute Gasteiger partial charge is 0.326 e. The molecule has 0 aliphatic heterocycles. The van der Waals surface area contributed by atoms with Crippen molar-refractivity contribution in [1.29, 1.82) is 0 Å². The maximum absolute atomic E-state index is 11.8. The molecule has 2 rings (SSSR count). The first-order valence-electron chi connectivity index (χ1n) is 5.80. The number of anilines is 2. The smallest absolute Gasteiger partial charge is 0.323 e. The van der Waals surface area contributed by atoms with Gasteiger partial charge in [0.05, 0.1) is 0 Å². The van der Waals surface area contributed by atoms with Gasteiger partial charge in [-0.2, -0.15) is 0 Å². The third kappa shape index (κ3) is 4.74. The SMILES string of the molecule is Cl.NCc1ccc(NC(=O)Nc2cccc(Cl)c2)cc1. The van der Waals surface area contributed by atoms with Crippen molar-refractivity contribution in [1.82, 2.24) is 0 Å². The number of carbonyl (C=O) groups excluding carboxylic acids is 1. The number of halogens is 2. The minimum Gasteiger partial charge on any atom is -0.326 e. The molecule has 6 heteroatoms. The van der Waals surface area contributed by atoms with E-state index in [1.165, 1.54) is 0 Å². The highest BCUT2D eigenvalue weighted by atomic mass is 35.5. The van der Waals surface area contributed by atoms with Gasteiger partial charge < -0.3 is 16.4 Å². The Hall–Kier alpha value is -1.75. The highest BCUT2D eigenvalue weighted by molar-refractivity contribution is 6.30. The molecule has 4 nitrogen and oxygen atoms in total. The number of nitrogens with two attached hydrogens (primary N) is 1. The van der Waals surface area contributed by atoms with Crippen LogP contribution >= 0.6 is 24.0 Å². The van der Waals surface area contributed by atoms with E-state index in [2.05, 4.69) is 10.6 Å². The van der Waals surface area contributed by atoms with Crippen LogP contribution in [0.15, 0.2) is 48.5 Å². The van der Waals surface area contributed by atoms with Crippen LogP contribution in [0, 0.1) is 0 Å². The normalized spacial score (nSPS) is 9.50. The molecule has 2 aromatic rings. The molecule has 0 radical (unpaired) electrons. The monoisotopic (exact) mass is 311 g/mol. The van der Waals surface area contributed by atoms with Gasteiger partial charge in [-0.3, -0.25) is 0 Å². The fourth-order valence-corrected chi connectivity index (χ4v) is 1.77. The zero-order valence-electron chi connectivity index (χ0n) is 10.6. The molecule has 0 fully saturated rings. The highest BCUT2D eigenvalue weighted by Crippen LogP contribution is 2.15. The molecule has 0 saturated carbocycles. The predicted octanol–water partition coefficient (Wildman–Crippen LogP) is 3.86. The second-order valence-corrected chi connectivity index (χ2v) is 4.43. The second kappa shape index (κ2) is 7.75. The summed E-state index contributed by atoms with van der Waals surface area (Å²) in [6.45, 7) is 0.481. The molecule has 4 N–H and O–H groups in total. The number of hydrogen-bond donors (Lipinski definition) is 3. The van der Waals surface area contributed by atoms with Gasteiger partial charge >= 0.3 is 6.03 Å². The summed E-state index contributed by atoms with van der Waals surface area (Å²) < 4.78 is 0. The van der Waals surface area contributed by atoms with Crippen molar-refractivity contribution in [3.63, 3.8) is 0 Å². The molecular weight excluding hydrogens is 297 g/mol. The average molecular weight is 312 g/mol. The average Bonchev–Trinajstić information content (AvgIpc) is 2.39. The molecule has 20 heavy (non-hydrogen) atoms. The Morgan fingerprint density at radius 3 is 2.30 bits per heavy atom. The Labute approximate surface area is 128 Å². The predicted molar refractivity (Wildman–Crippen MR) is 85.7 cm³/mol. The van der Waals surface area contributed by atoms with Gasteiger partial charge in [0.2, 0.25) is 0 Å². The summed E-state index contributed by atoms with van der Waals surface area (Å²) in [5.41, 5.74) is 7.87. The number of amides is 2. The Morgan fingerprint density at radius 2 is 1.70 bits per heavy atom. The molecule has 0 aliphatic rings. The Bertz CT molecular complexity index is 573. The van der Waals surface area contributed by atoms with E-state index in [1.54, 1.807) is 36.4 Å². The van der Waals surface area contributed by atoms with Gasteiger partial charge in [-0.05, 0) is 35.9 Å². The summed E-state index contributed by atoms with van der Waals surface area (Å²) in [6, 6.07) is 14.0. The molecule has 0 unspecified atom stereocenters. The number of hydrogen-bond acceptors (Lipinski definition) is 2. The van der Waals surface area contributed by atoms with E-state index in [0.717, 1.165) is 5.56 Å². The summed E-state index contributed by atoms with van der Waals surface area (Å²) >= 11 is 5.84. The van der Waals surface area contributed by atoms with Gasteiger partial charge in [0.15, 0.2) is 0 Å². The molecular formula is C14H15Cl2N3O. The van der Waals surface area contributed by atoms with Crippen molar-refractivity contribution in [2.24, 2.45) is 5.73 Å². The van der Waals surface area contributed by atoms with E-state index < -0.39 is 0 Å². The molecule has 0 spiro atoms. The van der Waals surface area contributed by atoms with Crippen LogP contribution in [0.2, 0.25) is 5.02 Å². The van der Waals surface area contributed by atoms with E-state index in [9.17, 15) is 4.79 Å². The molecule has 0 bridgehead atoms. The summed E-state index contributed by atoms with van der Waals surface area (Å²) in [5.74, 6) is 0. The van der Waals surface area contributed by atoms with Gasteiger partial charge in [-0.1, -0.05) is 29.8 Å². The van der Waals surface area contributed by atoms with Crippen LogP contribution in [0.4, 0.5) is 16.2 Å². The molecule has 0 atom stereocenters. The fourth-order valence-electron chi connectivity index (χ4n) is 1.58. The zero-order valence-corrected chi connectivity index (χ0v) is 12.2. The molecule has 0 heterocycles. The summed E-state index contributed by atoms with van der Waals surface area (Å²) in [7, 11) is 0. The molecule has 0 saturated heterocycles. The van der Waals surface area contributed by atoms with Crippen molar-refractivity contribution in [2.75, 3.05) is 10.6 Å². The van der Waals surface area contributed by atoms with E-state index in [1.807, 2.05) is 12.1 Å². The Morgan fingerprint density at radius 1 is 1.05 bits per heavy atom. The van der Waals surface area contributed by atoms with Crippen molar-refractivity contribution < 1.29 is 4.79 Å². The number of rotatable bonds is 3. The molecule has 2 amide bonds. The van der Waals surface area contributed by atoms with Gasteiger partial charge in [-0.25, -0.2) is 4.79 Å². The van der Waals surface area contributed by atoms with Gasteiger partial charge in [0, 0.05) is 22.9 Å². The third-order valence-corrected chi connectivity index (χ3v) is 2.77. The van der Waals surface area contributed by atoms with Crippen LogP contribution in [0.1, 0.15) is 5.56 Å². The van der Waals surface area contributed by atoms with Crippen LogP contribution in [0.25, 0.3) is 0 Å². The van der Waals surface area contributed by atoms with E-state index in [0.29, 0.717) is 22.9 Å². The van der Waals surface area contributed by atoms with Crippen molar-refractivity contribution >= 4 is 41.4 Å². The zero-order chi connectivity index (χ0) is 13.7. The Balaban J connectivity index is 0.00000200. The lowest BCUT2D eigenvalue weighted by Gasteiger charge is -2.08. The van der Waals surface area contributed by atoms with Crippen LogP contribution in [0.3, 0.4) is 0 Å². The maximum Gasteiger partial charge on any atom is 0.323 e. The first kappa shape index (κ1) is 16.3. The van der Waals surface area contributed by atoms with Crippen LogP contribution < -0.4 is 16.4 Å². The lowest BCUT2D eigenvalue weighted by atomic mass is 10.2. The van der Waals surface area contributed by atoms with E-state index in [4.69, 9.17) is 17.3 Å². The lowest BCUT2D eigenvalue weighted by molar-refractivity contribution is 0.262. The minimum atomic E-state index is -0.317. The van der Waals surface area contributed by atoms with Crippen molar-refractivity contribution in [2.45, 2.75) is 6.54 Å². The highest BCUT2D eigenvalue weighted by Gasteiger charge is 2.02. The molecule has 2 aromatic carbocycles. The first-order valence-corrected chi connectivity index (χ1v) is 6.18. The minimum absolute atomic E-state index is 0. The van der Waals surface area contributed by atoms with Gasteiger partial charge in [0.1, 0.15) is 0 Å². The molecule has 106 valence electrons. The third-order valence-electron chi connectivity index (χ3n) is 2.53. The quantitative estimate of drug-likeness (QED) is 0.805. The topological polar surface area (TPSA) is 67.1 Å². The summed E-state index contributed by atoms with van der Waals surface area (Å²) in [4.78, 5) is 11.8. The second-order valence-electron chi connectivity index (χ2n) is 3.99. The maximum atomic E-state index is 11.8. The van der Waals surface area contributed by atoms with Crippen molar-refractivity contribution in [3.05, 3.63) is 59.1 Å². The van der Waals surface area contributed by atoms with Gasteiger partial charge in [-0.15, -0.1) is 12.4 Å². The first-order chi connectivity index (χ1) is 9.17. The van der Waals surface area contributed by atoms with E-state index in [-0.39, 0.29) is 18.4 Å². The Kier molecular flexibility index (Phi) is 6.31. The van der Waals surface area contributed by atoms with E-state index >= 15 is 0 Å². The standard InChI is InChI=1S/C14H14ClN3O.ClH/c15-11-2-1-3-13(8-11)18-14(19)17-12-6-4-10(9-16)5-7-12;/h1-8H,9,16H2,(H2,17,18,19);1H. The number of nitrogens with one attached hydrogen (secondary N) is 2. The molecule has 0 aliphatic carbocycles. The fraction of sp³-hybridized carbons (Fsp3) is 0.0714. The van der Waals surface area contributed by atoms with Crippen LogP contribution in [-0.2, 0) is 6.54 Å². The number of urea groups is 1. The van der Waals surface area contributed by atoms with Crippen LogP contribution in [0.5, 0.6) is 0 Å².